The van der Waals surface area contributed by atoms with Gasteiger partial charge in [0.1, 0.15) is 5.75 Å². The van der Waals surface area contributed by atoms with Gasteiger partial charge in [-0.25, -0.2) is 0 Å². The molecular formula is C16H9ClO3. The number of aromatic hydroxyl groups is 1. The first-order chi connectivity index (χ1) is 9.58. The van der Waals surface area contributed by atoms with E-state index in [1.54, 1.807) is 30.3 Å². The monoisotopic (exact) mass is 284 g/mol. The lowest BCUT2D eigenvalue weighted by molar-refractivity contribution is 0.0990. The molecule has 0 saturated carbocycles. The number of carbonyl (C=O) groups is 2. The smallest absolute Gasteiger partial charge is 0.197 e. The van der Waals surface area contributed by atoms with Crippen molar-refractivity contribution >= 4 is 29.2 Å². The van der Waals surface area contributed by atoms with Gasteiger partial charge in [-0.1, -0.05) is 41.9 Å². The number of hydrogen-bond acceptors (Lipinski definition) is 3. The van der Waals surface area contributed by atoms with Gasteiger partial charge in [-0.2, -0.15) is 0 Å². The third-order valence-electron chi connectivity index (χ3n) is 3.19. The number of Topliss-reactive ketones (excluding diaryl/α,β-unsaturated/α-hetero) is 2. The van der Waals surface area contributed by atoms with Crippen LogP contribution in [0.3, 0.4) is 0 Å². The summed E-state index contributed by atoms with van der Waals surface area (Å²) in [5, 5.41) is 9.54. The van der Waals surface area contributed by atoms with Crippen LogP contribution >= 0.6 is 11.6 Å². The molecule has 0 radical (unpaired) electrons. The van der Waals surface area contributed by atoms with Crippen LogP contribution in [0.1, 0.15) is 26.3 Å². The standard InChI is InChI=1S/C16H9ClO3/c17-13-8-9(5-6-14(13)18)7-12-15(19)10-3-1-2-4-11(10)16(12)20/h1-8,18H. The minimum Gasteiger partial charge on any atom is -0.506 e. The minimum absolute atomic E-state index is 0.0406. The zero-order valence-electron chi connectivity index (χ0n) is 10.3. The molecule has 0 aliphatic heterocycles. The summed E-state index contributed by atoms with van der Waals surface area (Å²) in [5.74, 6) is -0.606. The highest BCUT2D eigenvalue weighted by atomic mass is 35.5. The lowest BCUT2D eigenvalue weighted by Gasteiger charge is -1.99. The molecule has 3 rings (SSSR count). The van der Waals surface area contributed by atoms with Crippen LogP contribution in [0.4, 0.5) is 0 Å². The SMILES string of the molecule is O=C1C(=Cc2ccc(O)c(Cl)c2)C(=O)c2ccccc21. The third-order valence-corrected chi connectivity index (χ3v) is 3.49. The Morgan fingerprint density at radius 2 is 1.55 bits per heavy atom. The molecule has 0 heterocycles. The molecule has 2 aromatic rings. The van der Waals surface area contributed by atoms with E-state index in [1.165, 1.54) is 18.2 Å². The van der Waals surface area contributed by atoms with Crippen molar-refractivity contribution < 1.29 is 14.7 Å². The molecule has 0 fully saturated rings. The summed E-state index contributed by atoms with van der Waals surface area (Å²) in [4.78, 5) is 24.4. The average Bonchev–Trinajstić information content (AvgIpc) is 2.69. The molecule has 20 heavy (non-hydrogen) atoms. The average molecular weight is 285 g/mol. The molecule has 0 atom stereocenters. The molecule has 1 aliphatic carbocycles. The third kappa shape index (κ3) is 1.92. The molecule has 4 heteroatoms. The van der Waals surface area contributed by atoms with Crippen LogP contribution in [-0.2, 0) is 0 Å². The van der Waals surface area contributed by atoms with Crippen LogP contribution < -0.4 is 0 Å². The highest BCUT2D eigenvalue weighted by molar-refractivity contribution is 6.41. The van der Waals surface area contributed by atoms with Crippen molar-refractivity contribution in [3.8, 4) is 5.75 Å². The predicted molar refractivity (Wildman–Crippen MR) is 76.2 cm³/mol. The van der Waals surface area contributed by atoms with Gasteiger partial charge in [0.05, 0.1) is 10.6 Å². The molecule has 1 aliphatic rings. The van der Waals surface area contributed by atoms with Gasteiger partial charge >= 0.3 is 0 Å². The number of benzene rings is 2. The Morgan fingerprint density at radius 3 is 2.10 bits per heavy atom. The number of carbonyl (C=O) groups excluding carboxylic acids is 2. The van der Waals surface area contributed by atoms with Crippen molar-refractivity contribution in [1.82, 2.24) is 0 Å². The molecular weight excluding hydrogens is 276 g/mol. The number of ketones is 2. The summed E-state index contributed by atoms with van der Waals surface area (Å²) in [6.07, 6.45) is 1.50. The molecule has 0 aromatic heterocycles. The number of hydrogen-bond donors (Lipinski definition) is 1. The zero-order chi connectivity index (χ0) is 14.3. The second kappa shape index (κ2) is 4.62. The maximum Gasteiger partial charge on any atom is 0.197 e. The first kappa shape index (κ1) is 12.6. The Hall–Kier alpha value is -2.39. The fourth-order valence-electron chi connectivity index (χ4n) is 2.18. The van der Waals surface area contributed by atoms with Crippen LogP contribution in [0.5, 0.6) is 5.75 Å². The van der Waals surface area contributed by atoms with E-state index in [9.17, 15) is 14.7 Å². The van der Waals surface area contributed by atoms with Gasteiger partial charge in [-0.3, -0.25) is 9.59 Å². The van der Waals surface area contributed by atoms with Crippen LogP contribution in [0.25, 0.3) is 6.08 Å². The Labute approximate surface area is 120 Å². The zero-order valence-corrected chi connectivity index (χ0v) is 11.0. The summed E-state index contributed by atoms with van der Waals surface area (Å²) in [7, 11) is 0. The molecule has 0 unspecified atom stereocenters. The fourth-order valence-corrected chi connectivity index (χ4v) is 2.37. The van der Waals surface area contributed by atoms with Gasteiger partial charge in [0, 0.05) is 11.1 Å². The van der Waals surface area contributed by atoms with E-state index in [4.69, 9.17) is 11.6 Å². The maximum absolute atomic E-state index is 12.2. The summed E-state index contributed by atoms with van der Waals surface area (Å²) >= 11 is 5.81. The van der Waals surface area contributed by atoms with Crippen molar-refractivity contribution in [3.63, 3.8) is 0 Å². The van der Waals surface area contributed by atoms with Crippen molar-refractivity contribution in [2.45, 2.75) is 0 Å². The Morgan fingerprint density at radius 1 is 0.950 bits per heavy atom. The first-order valence-electron chi connectivity index (χ1n) is 5.96. The number of rotatable bonds is 1. The van der Waals surface area contributed by atoms with E-state index in [0.29, 0.717) is 16.7 Å². The van der Waals surface area contributed by atoms with Crippen LogP contribution in [-0.4, -0.2) is 16.7 Å². The molecule has 0 spiro atoms. The lowest BCUT2D eigenvalue weighted by Crippen LogP contribution is -2.00. The number of allylic oxidation sites excluding steroid dienone is 1. The summed E-state index contributed by atoms with van der Waals surface area (Å²) in [5.41, 5.74) is 1.56. The number of halogens is 1. The van der Waals surface area contributed by atoms with E-state index in [2.05, 4.69) is 0 Å². The van der Waals surface area contributed by atoms with Gasteiger partial charge in [0.15, 0.2) is 11.6 Å². The van der Waals surface area contributed by atoms with Crippen molar-refractivity contribution in [2.75, 3.05) is 0 Å². The van der Waals surface area contributed by atoms with Crippen molar-refractivity contribution in [3.05, 3.63) is 69.8 Å². The lowest BCUT2D eigenvalue weighted by atomic mass is 10.1. The summed E-state index contributed by atoms with van der Waals surface area (Å²) < 4.78 is 0. The maximum atomic E-state index is 12.2. The van der Waals surface area contributed by atoms with Gasteiger partial charge < -0.3 is 5.11 Å². The van der Waals surface area contributed by atoms with Crippen LogP contribution in [0.2, 0.25) is 5.02 Å². The molecule has 0 bridgehead atoms. The van der Waals surface area contributed by atoms with Crippen LogP contribution in [0.15, 0.2) is 48.0 Å². The highest BCUT2D eigenvalue weighted by Crippen LogP contribution is 2.29. The highest BCUT2D eigenvalue weighted by Gasteiger charge is 2.32. The predicted octanol–water partition coefficient (Wildman–Crippen LogP) is 3.51. The molecule has 1 N–H and O–H groups in total. The first-order valence-corrected chi connectivity index (χ1v) is 6.34. The normalized spacial score (nSPS) is 13.6. The topological polar surface area (TPSA) is 54.4 Å². The molecule has 2 aromatic carbocycles. The van der Waals surface area contributed by atoms with E-state index in [-0.39, 0.29) is 27.9 Å². The molecule has 0 amide bonds. The molecule has 98 valence electrons. The Kier molecular flexibility index (Phi) is 2.92. The van der Waals surface area contributed by atoms with E-state index < -0.39 is 0 Å². The summed E-state index contributed by atoms with van der Waals surface area (Å²) in [6, 6.07) is 11.3. The second-order valence-electron chi connectivity index (χ2n) is 4.47. The Bertz CT molecular complexity index is 738. The van der Waals surface area contributed by atoms with Gasteiger partial charge in [0.25, 0.3) is 0 Å². The molecule has 3 nitrogen and oxygen atoms in total. The van der Waals surface area contributed by atoms with Gasteiger partial charge in [-0.15, -0.1) is 0 Å². The van der Waals surface area contributed by atoms with Crippen LogP contribution in [0, 0.1) is 0 Å². The number of fused-ring (bicyclic) bond motifs is 1. The summed E-state index contributed by atoms with van der Waals surface area (Å²) in [6.45, 7) is 0. The second-order valence-corrected chi connectivity index (χ2v) is 4.88. The van der Waals surface area contributed by atoms with Gasteiger partial charge in [0.2, 0.25) is 0 Å². The Balaban J connectivity index is 2.08. The number of phenols is 1. The molecule has 0 saturated heterocycles. The largest absolute Gasteiger partial charge is 0.506 e. The fraction of sp³-hybridized carbons (Fsp3) is 0. The van der Waals surface area contributed by atoms with Crippen molar-refractivity contribution in [1.29, 1.82) is 0 Å². The quantitative estimate of drug-likeness (QED) is 0.644. The van der Waals surface area contributed by atoms with E-state index in [1.807, 2.05) is 0 Å². The van der Waals surface area contributed by atoms with Crippen molar-refractivity contribution in [2.24, 2.45) is 0 Å². The van der Waals surface area contributed by atoms with E-state index in [0.717, 1.165) is 0 Å². The van der Waals surface area contributed by atoms with E-state index >= 15 is 0 Å². The minimum atomic E-state index is -0.283. The number of phenolic OH excluding ortho intramolecular Hbond substituents is 1. The van der Waals surface area contributed by atoms with Gasteiger partial charge in [-0.05, 0) is 23.8 Å².